The molecule has 0 aromatic heterocycles. The van der Waals surface area contributed by atoms with Gasteiger partial charge in [0.25, 0.3) is 0 Å². The van der Waals surface area contributed by atoms with E-state index in [1.54, 1.807) is 0 Å². The van der Waals surface area contributed by atoms with E-state index in [0.29, 0.717) is 0 Å². The molecule has 0 spiro atoms. The van der Waals surface area contributed by atoms with Crippen LogP contribution in [0.15, 0.2) is 0 Å². The fraction of sp³-hybridized carbons (Fsp3) is 0. The van der Waals surface area contributed by atoms with Gasteiger partial charge in [0.2, 0.25) is 6.29 Å². The number of carbonyl (C=O) groups is 2. The summed E-state index contributed by atoms with van der Waals surface area (Å²) in [6, 6.07) is 0. The van der Waals surface area contributed by atoms with Gasteiger partial charge in [-0.3, -0.25) is 4.79 Å². The Balaban J connectivity index is -0.0000000800. The topological polar surface area (TPSA) is 100 Å². The molecule has 0 saturated carbocycles. The number of hydrogen-bond donors (Lipinski definition) is 1. The van der Waals surface area contributed by atoms with Crippen molar-refractivity contribution in [2.75, 3.05) is 0 Å². The molecule has 0 aromatic rings. The van der Waals surface area contributed by atoms with Crippen LogP contribution in [0.2, 0.25) is 0 Å². The zero-order valence-corrected chi connectivity index (χ0v) is 8.06. The molecule has 0 amide bonds. The molecule has 0 radical (unpaired) electrons. The maximum absolute atomic E-state index is 9.00. The predicted molar refractivity (Wildman–Crippen MR) is 22.8 cm³/mol. The van der Waals surface area contributed by atoms with Crippen LogP contribution in [0.4, 0.5) is 0 Å². The summed E-state index contributed by atoms with van der Waals surface area (Å²) in [4.78, 5) is 17.9. The van der Waals surface area contributed by atoms with Crippen molar-refractivity contribution in [1.29, 1.82) is 0 Å². The van der Waals surface area contributed by atoms with Crippen LogP contribution in [0, 0.1) is 0 Å². The Morgan fingerprint density at radius 3 is 1.67 bits per heavy atom. The molecule has 0 fully saturated rings. The van der Waals surface area contributed by atoms with Crippen LogP contribution in [-0.2, 0) is 29.1 Å². The molecule has 0 heterocycles. The Morgan fingerprint density at radius 2 is 1.67 bits per heavy atom. The van der Waals surface area contributed by atoms with E-state index in [0.717, 1.165) is 0 Å². The van der Waals surface area contributed by atoms with Crippen LogP contribution >= 0.6 is 12.3 Å². The minimum Gasteiger partial charge on any atom is -0.811 e. The predicted octanol–water partition coefficient (Wildman–Crippen LogP) is -0.752. The molecule has 48 valence electrons. The summed E-state index contributed by atoms with van der Waals surface area (Å²) < 4.78 is 16.6. The summed E-state index contributed by atoms with van der Waals surface area (Å²) in [6.45, 7) is 0. The van der Waals surface area contributed by atoms with Crippen molar-refractivity contribution < 1.29 is 43.3 Å². The Hall–Kier alpha value is 0.0334. The van der Waals surface area contributed by atoms with Crippen LogP contribution in [-0.4, -0.2) is 26.5 Å². The van der Waals surface area contributed by atoms with Crippen molar-refractivity contribution in [3.05, 3.63) is 0 Å². The fourth-order valence-electron chi connectivity index (χ4n) is 0. The molecule has 0 atom stereocenters. The van der Waals surface area contributed by atoms with Gasteiger partial charge in [-0.25, -0.2) is 4.79 Å². The first kappa shape index (κ1) is 16.0. The van der Waals surface area contributed by atoms with Crippen LogP contribution in [0.5, 0.6) is 0 Å². The molecule has 0 rings (SSSR count). The van der Waals surface area contributed by atoms with Gasteiger partial charge in [-0.15, -0.1) is 0 Å². The molecule has 0 aliphatic carbocycles. The maximum atomic E-state index is 9.00. The number of carboxylic acids is 1. The summed E-state index contributed by atoms with van der Waals surface area (Å²) in [5.41, 5.74) is 0. The molecule has 0 aliphatic heterocycles. The first-order valence-corrected chi connectivity index (χ1v) is 1.95. The quantitative estimate of drug-likeness (QED) is 0.260. The molecule has 0 bridgehead atoms. The second kappa shape index (κ2) is 15.7. The summed E-state index contributed by atoms with van der Waals surface area (Å²) in [5, 5.41) is 7.35. The SMILES string of the molecule is O=CC(=O)O.[O-]S[O-].[Zn+2]. The molecule has 1 N–H and O–H groups in total. The number of carbonyl (C=O) groups excluding carboxylic acids is 1. The molecule has 5 nitrogen and oxygen atoms in total. The van der Waals surface area contributed by atoms with Crippen LogP contribution in [0.1, 0.15) is 0 Å². The second-order valence-corrected chi connectivity index (χ2v) is 0.660. The summed E-state index contributed by atoms with van der Waals surface area (Å²) in [7, 11) is 0. The van der Waals surface area contributed by atoms with E-state index in [1.807, 2.05) is 0 Å². The second-order valence-electron chi connectivity index (χ2n) is 0.524. The summed E-state index contributed by atoms with van der Waals surface area (Å²) in [6.07, 6.45) is -0.167. The zero-order chi connectivity index (χ0) is 6.99. The van der Waals surface area contributed by atoms with Crippen molar-refractivity contribution in [2.45, 2.75) is 0 Å². The van der Waals surface area contributed by atoms with Gasteiger partial charge in [0, 0.05) is 0 Å². The van der Waals surface area contributed by atoms with Crippen LogP contribution in [0.25, 0.3) is 0 Å². The smallest absolute Gasteiger partial charge is 0.811 e. The largest absolute Gasteiger partial charge is 2.00 e. The Kier molecular flexibility index (Phi) is 27.9. The van der Waals surface area contributed by atoms with Gasteiger partial charge in [-0.1, -0.05) is 0 Å². The summed E-state index contributed by atoms with van der Waals surface area (Å²) in [5.74, 6) is -1.43. The monoisotopic (exact) mass is 202 g/mol. The number of aliphatic carboxylic acids is 1. The third-order valence-corrected chi connectivity index (χ3v) is 0.101. The first-order valence-electron chi connectivity index (χ1n) is 1.29. The van der Waals surface area contributed by atoms with E-state index in [2.05, 4.69) is 0 Å². The zero-order valence-electron chi connectivity index (χ0n) is 4.27. The van der Waals surface area contributed by atoms with Gasteiger partial charge in [0.15, 0.2) is 0 Å². The van der Waals surface area contributed by atoms with Gasteiger partial charge >= 0.3 is 25.4 Å². The molecular weight excluding hydrogens is 201 g/mol. The van der Waals surface area contributed by atoms with Crippen molar-refractivity contribution in [3.8, 4) is 0 Å². The van der Waals surface area contributed by atoms with Gasteiger partial charge in [0.1, 0.15) is 0 Å². The van der Waals surface area contributed by atoms with Gasteiger partial charge in [-0.05, 0) is 0 Å². The van der Waals surface area contributed by atoms with Crippen molar-refractivity contribution in [1.82, 2.24) is 0 Å². The van der Waals surface area contributed by atoms with Crippen molar-refractivity contribution >= 4 is 24.6 Å². The number of hydrogen-bond acceptors (Lipinski definition) is 5. The minimum absolute atomic E-state index is 0. The normalized spacial score (nSPS) is 5.56. The number of rotatable bonds is 1. The van der Waals surface area contributed by atoms with Crippen LogP contribution in [0.3, 0.4) is 0 Å². The van der Waals surface area contributed by atoms with E-state index in [-0.39, 0.29) is 25.8 Å². The molecule has 0 saturated heterocycles. The average molecular weight is 203 g/mol. The molecule has 0 aromatic carbocycles. The van der Waals surface area contributed by atoms with E-state index < -0.39 is 18.3 Å². The van der Waals surface area contributed by atoms with Gasteiger partial charge < -0.3 is 26.5 Å². The first-order chi connectivity index (χ1) is 3.68. The Labute approximate surface area is 68.2 Å². The third-order valence-electron chi connectivity index (χ3n) is 0.101. The van der Waals surface area contributed by atoms with Crippen LogP contribution < -0.4 is 0 Å². The number of carboxylic acid groups (broad SMARTS) is 1. The molecule has 0 unspecified atom stereocenters. The molecule has 0 aliphatic rings. The average Bonchev–Trinajstić information content (AvgIpc) is 1.69. The minimum atomic E-state index is -1.43. The van der Waals surface area contributed by atoms with E-state index in [9.17, 15) is 0 Å². The number of aldehydes is 1. The van der Waals surface area contributed by atoms with Crippen molar-refractivity contribution in [3.63, 3.8) is 0 Å². The Bertz CT molecular complexity index is 75.4. The molecule has 9 heavy (non-hydrogen) atoms. The van der Waals surface area contributed by atoms with Gasteiger partial charge in [0.05, 0.1) is 0 Å². The Morgan fingerprint density at radius 1 is 1.56 bits per heavy atom. The molecule has 7 heteroatoms. The third kappa shape index (κ3) is 70.7. The van der Waals surface area contributed by atoms with Crippen molar-refractivity contribution in [2.24, 2.45) is 0 Å². The standard InChI is InChI=1S/C2H2O3.H2O2S.Zn/c3-1-2(4)5;1-3-2;/h1H,(H,4,5);1-2H;/q;;+2/p-2. The fourth-order valence-corrected chi connectivity index (χ4v) is 0. The van der Waals surface area contributed by atoms with E-state index in [4.69, 9.17) is 23.8 Å². The van der Waals surface area contributed by atoms with Gasteiger partial charge in [-0.2, -0.15) is 0 Å². The van der Waals surface area contributed by atoms with E-state index >= 15 is 0 Å². The maximum Gasteiger partial charge on any atom is 2.00 e. The van der Waals surface area contributed by atoms with E-state index in [1.165, 1.54) is 0 Å². The molecular formula is C2H2O5SZn. The summed E-state index contributed by atoms with van der Waals surface area (Å²) >= 11 is -0.750.